The summed E-state index contributed by atoms with van der Waals surface area (Å²) in [6.45, 7) is 1.77. The number of ether oxygens (including phenoxy) is 1. The van der Waals surface area contributed by atoms with E-state index in [9.17, 15) is 14.9 Å². The molecule has 128 valence electrons. The number of carbonyl (C=O) groups is 1. The van der Waals surface area contributed by atoms with Gasteiger partial charge in [-0.3, -0.25) is 20.2 Å². The predicted octanol–water partition coefficient (Wildman–Crippen LogP) is 4.11. The lowest BCUT2D eigenvalue weighted by Gasteiger charge is -2.05. The zero-order chi connectivity index (χ0) is 17.8. The molecule has 3 rings (SSSR count). The van der Waals surface area contributed by atoms with Crippen molar-refractivity contribution >= 4 is 39.4 Å². The van der Waals surface area contributed by atoms with E-state index < -0.39 is 4.92 Å². The first kappa shape index (κ1) is 17.1. The second-order valence-electron chi connectivity index (χ2n) is 5.04. The van der Waals surface area contributed by atoms with E-state index in [0.717, 1.165) is 10.6 Å². The minimum Gasteiger partial charge on any atom is -0.484 e. The number of carbonyl (C=O) groups excluding carboxylic acids is 1. The molecule has 0 aliphatic heterocycles. The van der Waals surface area contributed by atoms with Crippen LogP contribution in [0.15, 0.2) is 41.8 Å². The molecule has 9 heteroatoms. The largest absolute Gasteiger partial charge is 0.484 e. The summed E-state index contributed by atoms with van der Waals surface area (Å²) in [6, 6.07) is 9.70. The zero-order valence-corrected chi connectivity index (χ0v) is 14.7. The molecule has 0 fully saturated rings. The number of non-ortho nitro benzene ring substituents is 1. The number of anilines is 1. The highest BCUT2D eigenvalue weighted by Gasteiger charge is 2.11. The third-order valence-electron chi connectivity index (χ3n) is 3.14. The number of thiazole rings is 1. The SMILES string of the molecule is Cc1ccc(-c2csc(NC(=O)COc3cccc([N+](=O)[O-])c3)n2)s1. The van der Waals surface area contributed by atoms with Crippen molar-refractivity contribution in [3.8, 4) is 16.3 Å². The molecule has 1 amide bonds. The summed E-state index contributed by atoms with van der Waals surface area (Å²) in [4.78, 5) is 28.8. The number of amides is 1. The van der Waals surface area contributed by atoms with Crippen molar-refractivity contribution in [2.45, 2.75) is 6.92 Å². The van der Waals surface area contributed by atoms with Crippen molar-refractivity contribution in [1.82, 2.24) is 4.98 Å². The van der Waals surface area contributed by atoms with Gasteiger partial charge >= 0.3 is 0 Å². The highest BCUT2D eigenvalue weighted by atomic mass is 32.1. The van der Waals surface area contributed by atoms with Gasteiger partial charge in [-0.15, -0.1) is 22.7 Å². The van der Waals surface area contributed by atoms with Gasteiger partial charge in [0.05, 0.1) is 21.6 Å². The van der Waals surface area contributed by atoms with E-state index in [2.05, 4.69) is 10.3 Å². The Bertz CT molecular complexity index is 920. The number of benzene rings is 1. The predicted molar refractivity (Wildman–Crippen MR) is 97.4 cm³/mol. The summed E-state index contributed by atoms with van der Waals surface area (Å²) in [5, 5.41) is 15.7. The van der Waals surface area contributed by atoms with E-state index in [4.69, 9.17) is 4.74 Å². The van der Waals surface area contributed by atoms with Crippen LogP contribution in [-0.4, -0.2) is 22.4 Å². The number of thiophene rings is 1. The number of hydrogen-bond donors (Lipinski definition) is 1. The summed E-state index contributed by atoms with van der Waals surface area (Å²) in [6.07, 6.45) is 0. The molecular weight excluding hydrogens is 362 g/mol. The lowest BCUT2D eigenvalue weighted by atomic mass is 10.3. The molecule has 0 bridgehead atoms. The van der Waals surface area contributed by atoms with Gasteiger partial charge in [0, 0.05) is 16.3 Å². The van der Waals surface area contributed by atoms with Gasteiger partial charge < -0.3 is 4.74 Å². The number of nitrogens with one attached hydrogen (secondary N) is 1. The van der Waals surface area contributed by atoms with Gasteiger partial charge in [-0.2, -0.15) is 0 Å². The summed E-state index contributed by atoms with van der Waals surface area (Å²) in [5.41, 5.74) is 0.728. The number of aryl methyl sites for hydroxylation is 1. The van der Waals surface area contributed by atoms with Crippen molar-refractivity contribution in [2.24, 2.45) is 0 Å². The Kier molecular flexibility index (Phi) is 5.05. The molecule has 0 saturated heterocycles. The highest BCUT2D eigenvalue weighted by molar-refractivity contribution is 7.17. The molecule has 3 aromatic rings. The van der Waals surface area contributed by atoms with Crippen molar-refractivity contribution in [1.29, 1.82) is 0 Å². The van der Waals surface area contributed by atoms with Crippen LogP contribution in [0.1, 0.15) is 4.88 Å². The highest BCUT2D eigenvalue weighted by Crippen LogP contribution is 2.30. The molecule has 1 N–H and O–H groups in total. The molecule has 0 radical (unpaired) electrons. The maximum atomic E-state index is 12.0. The van der Waals surface area contributed by atoms with Crippen LogP contribution in [0.25, 0.3) is 10.6 Å². The number of rotatable bonds is 6. The molecule has 0 atom stereocenters. The first-order valence-corrected chi connectivity index (χ1v) is 8.90. The van der Waals surface area contributed by atoms with Gasteiger partial charge in [0.25, 0.3) is 11.6 Å². The molecule has 0 spiro atoms. The quantitative estimate of drug-likeness (QED) is 0.517. The van der Waals surface area contributed by atoms with Crippen LogP contribution in [0.5, 0.6) is 5.75 Å². The van der Waals surface area contributed by atoms with Crippen LogP contribution in [0.2, 0.25) is 0 Å². The summed E-state index contributed by atoms with van der Waals surface area (Å²) >= 11 is 2.96. The third-order valence-corrected chi connectivity index (χ3v) is 4.92. The van der Waals surface area contributed by atoms with Crippen LogP contribution < -0.4 is 10.1 Å². The molecule has 2 aromatic heterocycles. The Morgan fingerprint density at radius 2 is 2.20 bits per heavy atom. The molecule has 0 unspecified atom stereocenters. The average Bonchev–Trinajstić information content (AvgIpc) is 3.22. The van der Waals surface area contributed by atoms with Crippen LogP contribution in [0, 0.1) is 17.0 Å². The monoisotopic (exact) mass is 375 g/mol. The minimum absolute atomic E-state index is 0.0892. The van der Waals surface area contributed by atoms with Crippen LogP contribution >= 0.6 is 22.7 Å². The lowest BCUT2D eigenvalue weighted by Crippen LogP contribution is -2.20. The Morgan fingerprint density at radius 3 is 2.92 bits per heavy atom. The maximum Gasteiger partial charge on any atom is 0.273 e. The van der Waals surface area contributed by atoms with Crippen molar-refractivity contribution in [3.05, 3.63) is 56.8 Å². The average molecular weight is 375 g/mol. The van der Waals surface area contributed by atoms with E-state index in [1.807, 2.05) is 24.4 Å². The fourth-order valence-corrected chi connectivity index (χ4v) is 3.64. The second kappa shape index (κ2) is 7.41. The van der Waals surface area contributed by atoms with Gasteiger partial charge in [0.1, 0.15) is 5.75 Å². The van der Waals surface area contributed by atoms with Crippen molar-refractivity contribution < 1.29 is 14.5 Å². The summed E-state index contributed by atoms with van der Waals surface area (Å²) < 4.78 is 5.29. The standard InChI is InChI=1S/C16H13N3O4S2/c1-10-5-6-14(25-10)13-9-24-16(17-13)18-15(20)8-23-12-4-2-3-11(7-12)19(21)22/h2-7,9H,8H2,1H3,(H,17,18,20). The topological polar surface area (TPSA) is 94.4 Å². The maximum absolute atomic E-state index is 12.0. The van der Waals surface area contributed by atoms with Gasteiger partial charge in [-0.05, 0) is 25.1 Å². The number of aromatic nitrogens is 1. The number of hydrogen-bond acceptors (Lipinski definition) is 7. The second-order valence-corrected chi connectivity index (χ2v) is 7.19. The third kappa shape index (κ3) is 4.40. The lowest BCUT2D eigenvalue weighted by molar-refractivity contribution is -0.384. The molecular formula is C16H13N3O4S2. The number of nitro groups is 1. The molecule has 0 aliphatic rings. The molecule has 25 heavy (non-hydrogen) atoms. The smallest absolute Gasteiger partial charge is 0.273 e. The number of nitro benzene ring substituents is 1. The first-order valence-electron chi connectivity index (χ1n) is 7.21. The minimum atomic E-state index is -0.518. The fraction of sp³-hybridized carbons (Fsp3) is 0.125. The van der Waals surface area contributed by atoms with Crippen LogP contribution in [0.4, 0.5) is 10.8 Å². The Balaban J connectivity index is 1.57. The van der Waals surface area contributed by atoms with Crippen molar-refractivity contribution in [2.75, 3.05) is 11.9 Å². The summed E-state index contributed by atoms with van der Waals surface area (Å²) in [7, 11) is 0. The molecule has 0 saturated carbocycles. The number of nitrogens with zero attached hydrogens (tertiary/aromatic N) is 2. The van der Waals surface area contributed by atoms with Gasteiger partial charge in [0.2, 0.25) is 0 Å². The van der Waals surface area contributed by atoms with E-state index in [0.29, 0.717) is 5.13 Å². The van der Waals surface area contributed by atoms with Gasteiger partial charge in [-0.1, -0.05) is 6.07 Å². The first-order chi connectivity index (χ1) is 12.0. The Labute approximate surface area is 151 Å². The van der Waals surface area contributed by atoms with Gasteiger partial charge in [-0.25, -0.2) is 4.98 Å². The normalized spacial score (nSPS) is 10.4. The summed E-state index contributed by atoms with van der Waals surface area (Å²) in [5.74, 6) is -0.118. The van der Waals surface area contributed by atoms with E-state index in [-0.39, 0.29) is 24.0 Å². The zero-order valence-electron chi connectivity index (χ0n) is 13.1. The van der Waals surface area contributed by atoms with E-state index >= 15 is 0 Å². The van der Waals surface area contributed by atoms with E-state index in [1.54, 1.807) is 17.4 Å². The molecule has 1 aromatic carbocycles. The Hall–Kier alpha value is -2.78. The van der Waals surface area contributed by atoms with Crippen molar-refractivity contribution in [3.63, 3.8) is 0 Å². The Morgan fingerprint density at radius 1 is 1.36 bits per heavy atom. The molecule has 2 heterocycles. The van der Waals surface area contributed by atoms with Crippen LogP contribution in [0.3, 0.4) is 0 Å². The fourth-order valence-electron chi connectivity index (χ4n) is 2.01. The van der Waals surface area contributed by atoms with Crippen LogP contribution in [-0.2, 0) is 4.79 Å². The molecule has 7 nitrogen and oxygen atoms in total. The van der Waals surface area contributed by atoms with E-state index in [1.165, 1.54) is 34.4 Å². The van der Waals surface area contributed by atoms with Gasteiger partial charge in [0.15, 0.2) is 11.7 Å². The molecule has 0 aliphatic carbocycles.